The molecule has 0 bridgehead atoms. The van der Waals surface area contributed by atoms with Crippen molar-refractivity contribution in [2.75, 3.05) is 17.2 Å². The van der Waals surface area contributed by atoms with Crippen molar-refractivity contribution in [3.8, 4) is 0 Å². The molecule has 1 aliphatic rings. The highest BCUT2D eigenvalue weighted by Crippen LogP contribution is 2.32. The van der Waals surface area contributed by atoms with Gasteiger partial charge in [-0.25, -0.2) is 4.90 Å². The second-order valence-electron chi connectivity index (χ2n) is 5.94. The van der Waals surface area contributed by atoms with Crippen molar-refractivity contribution in [3.05, 3.63) is 59.2 Å². The van der Waals surface area contributed by atoms with Gasteiger partial charge in [0.25, 0.3) is 11.8 Å². The van der Waals surface area contributed by atoms with Crippen molar-refractivity contribution >= 4 is 29.2 Å². The van der Waals surface area contributed by atoms with Gasteiger partial charge in [-0.2, -0.15) is 0 Å². The highest BCUT2D eigenvalue weighted by atomic mass is 16.5. The standard InChI is InChI=1S/C19H19N3O4/c1-2-26-19(25)15(21)9-11-7-8-12(20)10-16(11)22-17(23)13-5-3-4-6-14(13)18(22)24/h3-8,10,15H,2,9,20-21H2,1H3/t15-/m0/s1. The number of nitrogens with zero attached hydrogens (tertiary/aromatic N) is 1. The number of amides is 2. The third kappa shape index (κ3) is 3.04. The van der Waals surface area contributed by atoms with Gasteiger partial charge in [0.05, 0.1) is 23.4 Å². The fourth-order valence-electron chi connectivity index (χ4n) is 2.94. The average Bonchev–Trinajstić information content (AvgIpc) is 2.88. The molecule has 3 rings (SSSR count). The third-order valence-corrected chi connectivity index (χ3v) is 4.17. The summed E-state index contributed by atoms with van der Waals surface area (Å²) in [7, 11) is 0. The largest absolute Gasteiger partial charge is 0.465 e. The van der Waals surface area contributed by atoms with E-state index in [0.717, 1.165) is 4.90 Å². The zero-order valence-corrected chi connectivity index (χ0v) is 14.3. The average molecular weight is 353 g/mol. The summed E-state index contributed by atoms with van der Waals surface area (Å²) in [5, 5.41) is 0. The van der Waals surface area contributed by atoms with Crippen LogP contribution in [0.2, 0.25) is 0 Å². The number of imide groups is 1. The molecule has 2 aromatic rings. The molecule has 1 atom stereocenters. The molecule has 1 heterocycles. The first-order valence-corrected chi connectivity index (χ1v) is 8.22. The van der Waals surface area contributed by atoms with Crippen LogP contribution in [0.3, 0.4) is 0 Å². The van der Waals surface area contributed by atoms with Crippen LogP contribution in [0.5, 0.6) is 0 Å². The number of hydrogen-bond donors (Lipinski definition) is 2. The molecular formula is C19H19N3O4. The molecule has 0 aliphatic carbocycles. The Labute approximate surface area is 150 Å². The van der Waals surface area contributed by atoms with Gasteiger partial charge in [-0.3, -0.25) is 14.4 Å². The second-order valence-corrected chi connectivity index (χ2v) is 5.94. The molecule has 0 fully saturated rings. The lowest BCUT2D eigenvalue weighted by atomic mass is 10.0. The maximum atomic E-state index is 12.7. The molecule has 7 heteroatoms. The number of carbonyl (C=O) groups excluding carboxylic acids is 3. The van der Waals surface area contributed by atoms with E-state index in [1.807, 2.05) is 0 Å². The van der Waals surface area contributed by atoms with Gasteiger partial charge in [0, 0.05) is 12.1 Å². The van der Waals surface area contributed by atoms with E-state index in [4.69, 9.17) is 16.2 Å². The lowest BCUT2D eigenvalue weighted by molar-refractivity contribution is -0.144. The minimum atomic E-state index is -0.910. The first-order valence-electron chi connectivity index (χ1n) is 8.22. The van der Waals surface area contributed by atoms with Gasteiger partial charge in [0.1, 0.15) is 6.04 Å². The summed E-state index contributed by atoms with van der Waals surface area (Å²) < 4.78 is 4.92. The number of rotatable bonds is 5. The molecule has 7 nitrogen and oxygen atoms in total. The van der Waals surface area contributed by atoms with Crippen molar-refractivity contribution in [2.45, 2.75) is 19.4 Å². The van der Waals surface area contributed by atoms with Gasteiger partial charge >= 0.3 is 5.97 Å². The molecule has 0 aromatic heterocycles. The van der Waals surface area contributed by atoms with Crippen LogP contribution in [0.25, 0.3) is 0 Å². The molecule has 0 saturated carbocycles. The fourth-order valence-corrected chi connectivity index (χ4v) is 2.94. The predicted molar refractivity (Wildman–Crippen MR) is 96.7 cm³/mol. The lowest BCUT2D eigenvalue weighted by Crippen LogP contribution is -2.36. The minimum absolute atomic E-state index is 0.113. The Kier molecular flexibility index (Phi) is 4.73. The highest BCUT2D eigenvalue weighted by Gasteiger charge is 2.37. The quantitative estimate of drug-likeness (QED) is 0.478. The molecule has 2 aromatic carbocycles. The van der Waals surface area contributed by atoms with Crippen molar-refractivity contribution in [3.63, 3.8) is 0 Å². The van der Waals surface area contributed by atoms with E-state index in [0.29, 0.717) is 28.1 Å². The van der Waals surface area contributed by atoms with Crippen LogP contribution in [-0.2, 0) is 16.0 Å². The number of esters is 1. The van der Waals surface area contributed by atoms with Crippen LogP contribution in [0.15, 0.2) is 42.5 Å². The Morgan fingerprint density at radius 2 is 1.73 bits per heavy atom. The van der Waals surface area contributed by atoms with Gasteiger partial charge in [0.2, 0.25) is 0 Å². The van der Waals surface area contributed by atoms with Gasteiger partial charge < -0.3 is 16.2 Å². The minimum Gasteiger partial charge on any atom is -0.465 e. The van der Waals surface area contributed by atoms with Gasteiger partial charge in [0.15, 0.2) is 0 Å². The Balaban J connectivity index is 1.98. The van der Waals surface area contributed by atoms with E-state index in [2.05, 4.69) is 0 Å². The first-order chi connectivity index (χ1) is 12.4. The van der Waals surface area contributed by atoms with Crippen LogP contribution in [0.4, 0.5) is 11.4 Å². The SMILES string of the molecule is CCOC(=O)[C@@H](N)Cc1ccc(N)cc1N1C(=O)c2ccccc2C1=O. The Bertz CT molecular complexity index is 859. The smallest absolute Gasteiger partial charge is 0.323 e. The number of anilines is 2. The van der Waals surface area contributed by atoms with E-state index >= 15 is 0 Å². The summed E-state index contributed by atoms with van der Waals surface area (Å²) in [6.07, 6.45) is 0.113. The lowest BCUT2D eigenvalue weighted by Gasteiger charge is -2.20. The van der Waals surface area contributed by atoms with Crippen LogP contribution < -0.4 is 16.4 Å². The number of ether oxygens (including phenoxy) is 1. The molecule has 0 unspecified atom stereocenters. The van der Waals surface area contributed by atoms with Gasteiger partial charge in [-0.05, 0) is 36.8 Å². The molecule has 134 valence electrons. The van der Waals surface area contributed by atoms with E-state index in [1.165, 1.54) is 6.07 Å². The van der Waals surface area contributed by atoms with Gasteiger partial charge in [-0.1, -0.05) is 18.2 Å². The Hall–Kier alpha value is -3.19. The molecule has 1 aliphatic heterocycles. The molecule has 0 radical (unpaired) electrons. The zero-order valence-electron chi connectivity index (χ0n) is 14.3. The van der Waals surface area contributed by atoms with E-state index < -0.39 is 23.8 Å². The molecule has 0 spiro atoms. The van der Waals surface area contributed by atoms with Crippen LogP contribution in [-0.4, -0.2) is 30.4 Å². The van der Waals surface area contributed by atoms with Crippen molar-refractivity contribution in [1.29, 1.82) is 0 Å². The molecular weight excluding hydrogens is 334 g/mol. The summed E-state index contributed by atoms with van der Waals surface area (Å²) >= 11 is 0. The van der Waals surface area contributed by atoms with E-state index in [-0.39, 0.29) is 13.0 Å². The summed E-state index contributed by atoms with van der Waals surface area (Å²) in [5.74, 6) is -1.40. The van der Waals surface area contributed by atoms with Gasteiger partial charge in [-0.15, -0.1) is 0 Å². The maximum Gasteiger partial charge on any atom is 0.323 e. The number of nitrogen functional groups attached to an aromatic ring is 1. The number of benzene rings is 2. The summed E-state index contributed by atoms with van der Waals surface area (Å²) in [5.41, 5.74) is 13.7. The van der Waals surface area contributed by atoms with Crippen LogP contribution in [0, 0.1) is 0 Å². The zero-order chi connectivity index (χ0) is 18.8. The van der Waals surface area contributed by atoms with Crippen molar-refractivity contribution in [2.24, 2.45) is 5.73 Å². The Morgan fingerprint density at radius 3 is 2.31 bits per heavy atom. The third-order valence-electron chi connectivity index (χ3n) is 4.17. The number of fused-ring (bicyclic) bond motifs is 1. The summed E-state index contributed by atoms with van der Waals surface area (Å²) in [4.78, 5) is 38.4. The molecule has 0 saturated heterocycles. The topological polar surface area (TPSA) is 116 Å². The number of nitrogens with two attached hydrogens (primary N) is 2. The monoisotopic (exact) mass is 353 g/mol. The number of carbonyl (C=O) groups is 3. The second kappa shape index (κ2) is 6.97. The normalized spacial score (nSPS) is 14.3. The predicted octanol–water partition coefficient (Wildman–Crippen LogP) is 1.50. The molecule has 26 heavy (non-hydrogen) atoms. The maximum absolute atomic E-state index is 12.7. The fraction of sp³-hybridized carbons (Fsp3) is 0.211. The molecule has 4 N–H and O–H groups in total. The summed E-state index contributed by atoms with van der Waals surface area (Å²) in [6.45, 7) is 1.91. The van der Waals surface area contributed by atoms with Crippen LogP contribution in [0.1, 0.15) is 33.2 Å². The summed E-state index contributed by atoms with van der Waals surface area (Å²) in [6, 6.07) is 10.5. The van der Waals surface area contributed by atoms with Crippen molar-refractivity contribution in [1.82, 2.24) is 0 Å². The van der Waals surface area contributed by atoms with Crippen LogP contribution >= 0.6 is 0 Å². The van der Waals surface area contributed by atoms with E-state index in [1.54, 1.807) is 43.3 Å². The van der Waals surface area contributed by atoms with E-state index in [9.17, 15) is 14.4 Å². The van der Waals surface area contributed by atoms with Crippen molar-refractivity contribution < 1.29 is 19.1 Å². The first kappa shape index (κ1) is 17.6. The highest BCUT2D eigenvalue weighted by molar-refractivity contribution is 6.34. The molecule has 2 amide bonds. The number of hydrogen-bond acceptors (Lipinski definition) is 6. The Morgan fingerprint density at radius 1 is 1.12 bits per heavy atom.